The second-order valence-corrected chi connectivity index (χ2v) is 10.8. The molecule has 1 unspecified atom stereocenters. The molecular formula is C27H29N3O4S2. The minimum atomic E-state index is -3.90. The molecule has 0 spiro atoms. The van der Waals surface area contributed by atoms with Crippen LogP contribution in [0.1, 0.15) is 30.5 Å². The van der Waals surface area contributed by atoms with Crippen molar-refractivity contribution in [3.05, 3.63) is 95.5 Å². The molecule has 3 aromatic carbocycles. The van der Waals surface area contributed by atoms with Crippen LogP contribution < -0.4 is 19.1 Å². The first kappa shape index (κ1) is 25.5. The fraction of sp³-hybridized carbons (Fsp3) is 0.222. The number of methoxy groups -OCH3 is 2. The van der Waals surface area contributed by atoms with Gasteiger partial charge in [0.1, 0.15) is 11.5 Å². The lowest BCUT2D eigenvalue weighted by molar-refractivity contribution is 0.391. The molecule has 1 heterocycles. The molecule has 1 N–H and O–H groups in total. The maximum atomic E-state index is 13.8. The number of nitrogens with zero attached hydrogens (tertiary/aromatic N) is 2. The first-order valence-electron chi connectivity index (χ1n) is 11.5. The van der Waals surface area contributed by atoms with Crippen molar-refractivity contribution >= 4 is 32.2 Å². The summed E-state index contributed by atoms with van der Waals surface area (Å²) < 4.78 is 39.6. The first-order valence-corrected chi connectivity index (χ1v) is 13.8. The number of nitrogens with one attached hydrogen (secondary N) is 1. The minimum absolute atomic E-state index is 0.0644. The summed E-state index contributed by atoms with van der Waals surface area (Å²) in [5, 5.41) is 5.63. The van der Waals surface area contributed by atoms with Crippen LogP contribution in [0.5, 0.6) is 11.5 Å². The Balaban J connectivity index is 1.61. The highest BCUT2D eigenvalue weighted by Crippen LogP contribution is 2.32. The van der Waals surface area contributed by atoms with Crippen LogP contribution in [0.25, 0.3) is 0 Å². The van der Waals surface area contributed by atoms with Crippen LogP contribution >= 0.6 is 11.3 Å². The standard InChI is InChI=1S/C27H29N3O4S2/c1-4-25(20-8-6-5-7-9-20)29-22-11-14-24(15-12-22)36(31,32)30(27-28-16-17-35-27)19-21-10-13-23(33-2)18-26(21)34-3/h5-18,25,29H,4,19H2,1-3H3. The Kier molecular flexibility index (Phi) is 8.12. The summed E-state index contributed by atoms with van der Waals surface area (Å²) in [5.41, 5.74) is 2.73. The number of ether oxygens (including phenoxy) is 2. The highest BCUT2D eigenvalue weighted by molar-refractivity contribution is 7.93. The molecule has 0 aliphatic heterocycles. The van der Waals surface area contributed by atoms with Crippen LogP contribution in [0.4, 0.5) is 10.8 Å². The van der Waals surface area contributed by atoms with Gasteiger partial charge >= 0.3 is 0 Å². The maximum Gasteiger partial charge on any atom is 0.266 e. The Morgan fingerprint density at radius 1 is 1.00 bits per heavy atom. The third-order valence-corrected chi connectivity index (χ3v) is 8.49. The van der Waals surface area contributed by atoms with Gasteiger partial charge in [-0.25, -0.2) is 17.7 Å². The molecule has 1 aromatic heterocycles. The summed E-state index contributed by atoms with van der Waals surface area (Å²) in [6, 6.07) is 22.5. The SMILES string of the molecule is CCC(Nc1ccc(S(=O)(=O)N(Cc2ccc(OC)cc2OC)c2nccs2)cc1)c1ccccc1. The van der Waals surface area contributed by atoms with Crippen molar-refractivity contribution < 1.29 is 17.9 Å². The fourth-order valence-corrected chi connectivity index (χ4v) is 6.16. The van der Waals surface area contributed by atoms with Gasteiger partial charge in [-0.1, -0.05) is 37.3 Å². The van der Waals surface area contributed by atoms with Gasteiger partial charge in [-0.15, -0.1) is 11.3 Å². The molecule has 0 saturated carbocycles. The van der Waals surface area contributed by atoms with E-state index in [9.17, 15) is 8.42 Å². The minimum Gasteiger partial charge on any atom is -0.497 e. The van der Waals surface area contributed by atoms with Crippen LogP contribution in [0.15, 0.2) is 89.3 Å². The Morgan fingerprint density at radius 3 is 2.36 bits per heavy atom. The van der Waals surface area contributed by atoms with Gasteiger partial charge in [0, 0.05) is 28.9 Å². The second kappa shape index (κ2) is 11.5. The molecule has 0 amide bonds. The average molecular weight is 524 g/mol. The summed E-state index contributed by atoms with van der Waals surface area (Å²) in [4.78, 5) is 4.47. The van der Waals surface area contributed by atoms with E-state index >= 15 is 0 Å². The molecular weight excluding hydrogens is 494 g/mol. The van der Waals surface area contributed by atoms with E-state index in [-0.39, 0.29) is 17.5 Å². The van der Waals surface area contributed by atoms with Crippen molar-refractivity contribution in [2.45, 2.75) is 30.8 Å². The van der Waals surface area contributed by atoms with E-state index in [0.717, 1.165) is 12.1 Å². The molecule has 36 heavy (non-hydrogen) atoms. The predicted octanol–water partition coefficient (Wildman–Crippen LogP) is 6.12. The van der Waals surface area contributed by atoms with Crippen LogP contribution in [0.2, 0.25) is 0 Å². The molecule has 0 saturated heterocycles. The molecule has 4 aromatic rings. The van der Waals surface area contributed by atoms with Crippen molar-refractivity contribution in [3.8, 4) is 11.5 Å². The van der Waals surface area contributed by atoms with Gasteiger partial charge in [-0.2, -0.15) is 0 Å². The molecule has 0 bridgehead atoms. The maximum absolute atomic E-state index is 13.8. The lowest BCUT2D eigenvalue weighted by atomic mass is 10.0. The van der Waals surface area contributed by atoms with E-state index in [1.54, 1.807) is 68.3 Å². The molecule has 0 fully saturated rings. The molecule has 0 aliphatic carbocycles. The Morgan fingerprint density at radius 2 is 1.75 bits per heavy atom. The second-order valence-electron chi connectivity index (χ2n) is 8.04. The van der Waals surface area contributed by atoms with E-state index in [2.05, 4.69) is 29.4 Å². The average Bonchev–Trinajstić information content (AvgIpc) is 3.45. The van der Waals surface area contributed by atoms with Crippen LogP contribution in [-0.4, -0.2) is 27.6 Å². The van der Waals surface area contributed by atoms with E-state index in [1.165, 1.54) is 21.2 Å². The normalized spacial score (nSPS) is 12.1. The Bertz CT molecular complexity index is 1360. The van der Waals surface area contributed by atoms with Gasteiger partial charge in [0.05, 0.1) is 31.7 Å². The number of anilines is 2. The molecule has 0 radical (unpaired) electrons. The smallest absolute Gasteiger partial charge is 0.266 e. The first-order chi connectivity index (χ1) is 17.5. The zero-order valence-electron chi connectivity index (χ0n) is 20.4. The summed E-state index contributed by atoms with van der Waals surface area (Å²) in [5.74, 6) is 1.17. The number of aromatic nitrogens is 1. The number of hydrogen-bond acceptors (Lipinski definition) is 7. The van der Waals surface area contributed by atoms with E-state index in [4.69, 9.17) is 9.47 Å². The highest BCUT2D eigenvalue weighted by Gasteiger charge is 2.28. The van der Waals surface area contributed by atoms with Gasteiger partial charge < -0.3 is 14.8 Å². The molecule has 188 valence electrons. The van der Waals surface area contributed by atoms with Crippen molar-refractivity contribution in [2.75, 3.05) is 23.8 Å². The van der Waals surface area contributed by atoms with Crippen LogP contribution in [0, 0.1) is 0 Å². The van der Waals surface area contributed by atoms with E-state index in [1.807, 2.05) is 18.2 Å². The van der Waals surface area contributed by atoms with Gasteiger partial charge in [-0.05, 0) is 48.4 Å². The van der Waals surface area contributed by atoms with Crippen LogP contribution in [0.3, 0.4) is 0 Å². The Hall–Kier alpha value is -3.56. The number of benzene rings is 3. The summed E-state index contributed by atoms with van der Waals surface area (Å²) in [6.45, 7) is 2.18. The Labute approximate surface area is 216 Å². The van der Waals surface area contributed by atoms with Gasteiger partial charge in [0.15, 0.2) is 5.13 Å². The van der Waals surface area contributed by atoms with Gasteiger partial charge in [0.2, 0.25) is 0 Å². The third kappa shape index (κ3) is 5.63. The third-order valence-electron chi connectivity index (χ3n) is 5.83. The number of thiazole rings is 1. The van der Waals surface area contributed by atoms with Crippen molar-refractivity contribution in [1.82, 2.24) is 4.98 Å². The zero-order valence-corrected chi connectivity index (χ0v) is 22.1. The molecule has 4 rings (SSSR count). The number of hydrogen-bond donors (Lipinski definition) is 1. The van der Waals surface area contributed by atoms with Crippen molar-refractivity contribution in [3.63, 3.8) is 0 Å². The van der Waals surface area contributed by atoms with Crippen LogP contribution in [-0.2, 0) is 16.6 Å². The predicted molar refractivity (Wildman–Crippen MR) is 145 cm³/mol. The molecule has 9 heteroatoms. The molecule has 1 atom stereocenters. The summed E-state index contributed by atoms with van der Waals surface area (Å²) >= 11 is 1.26. The number of rotatable bonds is 11. The number of sulfonamides is 1. The fourth-order valence-electron chi connectivity index (χ4n) is 3.89. The largest absolute Gasteiger partial charge is 0.497 e. The van der Waals surface area contributed by atoms with Gasteiger partial charge in [-0.3, -0.25) is 0 Å². The highest BCUT2D eigenvalue weighted by atomic mass is 32.2. The van der Waals surface area contributed by atoms with E-state index in [0.29, 0.717) is 22.2 Å². The van der Waals surface area contributed by atoms with Gasteiger partial charge in [0.25, 0.3) is 10.0 Å². The van der Waals surface area contributed by atoms with E-state index < -0.39 is 10.0 Å². The topological polar surface area (TPSA) is 80.8 Å². The van der Waals surface area contributed by atoms with Crippen molar-refractivity contribution in [1.29, 1.82) is 0 Å². The lowest BCUT2D eigenvalue weighted by Crippen LogP contribution is -2.30. The summed E-state index contributed by atoms with van der Waals surface area (Å²) in [7, 11) is -0.781. The monoisotopic (exact) mass is 523 g/mol. The lowest BCUT2D eigenvalue weighted by Gasteiger charge is -2.23. The quantitative estimate of drug-likeness (QED) is 0.255. The molecule has 7 nitrogen and oxygen atoms in total. The summed E-state index contributed by atoms with van der Waals surface area (Å²) in [6.07, 6.45) is 2.49. The molecule has 0 aliphatic rings. The zero-order chi connectivity index (χ0) is 25.5. The van der Waals surface area contributed by atoms with Crippen molar-refractivity contribution in [2.24, 2.45) is 0 Å².